The van der Waals surface area contributed by atoms with Crippen LogP contribution in [-0.2, 0) is 13.0 Å². The van der Waals surface area contributed by atoms with Crippen LogP contribution >= 0.6 is 0 Å². The van der Waals surface area contributed by atoms with Gasteiger partial charge in [-0.1, -0.05) is 24.3 Å². The number of imidazole rings is 1. The Hall–Kier alpha value is -3.92. The number of aromatic nitrogens is 2. The number of rotatable bonds is 3. The zero-order valence-corrected chi connectivity index (χ0v) is 15.0. The lowest BCUT2D eigenvalue weighted by molar-refractivity contribution is 0.0731. The Morgan fingerprint density at radius 1 is 1.14 bits per heavy atom. The molecule has 2 heterocycles. The third-order valence-electron chi connectivity index (χ3n) is 4.84. The first-order valence-corrected chi connectivity index (χ1v) is 8.83. The molecule has 0 spiro atoms. The van der Waals surface area contributed by atoms with E-state index in [0.717, 1.165) is 17.0 Å². The minimum Gasteiger partial charge on any atom is -0.366 e. The van der Waals surface area contributed by atoms with Gasteiger partial charge in [-0.15, -0.1) is 0 Å². The Bertz CT molecular complexity index is 1110. The molecule has 4 rings (SSSR count). The molecule has 1 aliphatic heterocycles. The summed E-state index contributed by atoms with van der Waals surface area (Å²) < 4.78 is 0. The van der Waals surface area contributed by atoms with Gasteiger partial charge in [0, 0.05) is 24.1 Å². The van der Waals surface area contributed by atoms with Gasteiger partial charge in [0.15, 0.2) is 0 Å². The topological polar surface area (TPSA) is 116 Å². The van der Waals surface area contributed by atoms with Crippen molar-refractivity contribution in [3.63, 3.8) is 0 Å². The van der Waals surface area contributed by atoms with E-state index in [1.165, 1.54) is 0 Å². The van der Waals surface area contributed by atoms with Gasteiger partial charge in [0.25, 0.3) is 5.91 Å². The SMILES string of the molecule is N#Cc1ccccc1C(=O)N1CCc2nc(-c3ccc(C(N)=O)cc3)[nH]c2C1. The van der Waals surface area contributed by atoms with E-state index in [9.17, 15) is 14.9 Å². The van der Waals surface area contributed by atoms with Crippen LogP contribution < -0.4 is 5.73 Å². The molecule has 0 bridgehead atoms. The van der Waals surface area contributed by atoms with Gasteiger partial charge < -0.3 is 15.6 Å². The number of primary amides is 1. The fraction of sp³-hybridized carbons (Fsp3) is 0.143. The van der Waals surface area contributed by atoms with E-state index in [2.05, 4.69) is 16.0 Å². The monoisotopic (exact) mass is 371 g/mol. The molecule has 1 aliphatic rings. The number of nitrogens with two attached hydrogens (primary N) is 1. The van der Waals surface area contributed by atoms with Crippen molar-refractivity contribution in [2.24, 2.45) is 5.73 Å². The van der Waals surface area contributed by atoms with Gasteiger partial charge in [-0.3, -0.25) is 9.59 Å². The summed E-state index contributed by atoms with van der Waals surface area (Å²) in [5.41, 5.74) is 9.14. The number of nitrogens with zero attached hydrogens (tertiary/aromatic N) is 3. The second kappa shape index (κ2) is 7.00. The number of amides is 2. The predicted octanol–water partition coefficient (Wildman–Crippen LogP) is 2.25. The maximum atomic E-state index is 12.9. The van der Waals surface area contributed by atoms with Crippen molar-refractivity contribution in [2.45, 2.75) is 13.0 Å². The number of nitriles is 1. The molecule has 1 aromatic heterocycles. The highest BCUT2D eigenvalue weighted by atomic mass is 16.2. The average molecular weight is 371 g/mol. The van der Waals surface area contributed by atoms with Gasteiger partial charge in [-0.2, -0.15) is 5.26 Å². The summed E-state index contributed by atoms with van der Waals surface area (Å²) in [5, 5.41) is 9.24. The van der Waals surface area contributed by atoms with E-state index in [1.54, 1.807) is 53.4 Å². The first-order valence-electron chi connectivity index (χ1n) is 8.83. The molecule has 28 heavy (non-hydrogen) atoms. The van der Waals surface area contributed by atoms with Crippen LogP contribution in [0.2, 0.25) is 0 Å². The molecule has 0 atom stereocenters. The third-order valence-corrected chi connectivity index (χ3v) is 4.84. The van der Waals surface area contributed by atoms with E-state index in [4.69, 9.17) is 5.73 Å². The number of carbonyl (C=O) groups excluding carboxylic acids is 2. The Kier molecular flexibility index (Phi) is 4.38. The fourth-order valence-electron chi connectivity index (χ4n) is 3.33. The Labute approximate surface area is 161 Å². The molecule has 0 aliphatic carbocycles. The van der Waals surface area contributed by atoms with Gasteiger partial charge in [0.1, 0.15) is 5.82 Å². The number of carbonyl (C=O) groups is 2. The summed E-state index contributed by atoms with van der Waals surface area (Å²) in [7, 11) is 0. The minimum atomic E-state index is -0.475. The van der Waals surface area contributed by atoms with Crippen LogP contribution in [0, 0.1) is 11.3 Å². The third kappa shape index (κ3) is 3.12. The molecule has 138 valence electrons. The van der Waals surface area contributed by atoms with Crippen molar-refractivity contribution in [2.75, 3.05) is 6.54 Å². The number of hydrogen-bond donors (Lipinski definition) is 2. The van der Waals surface area contributed by atoms with Crippen LogP contribution in [0.15, 0.2) is 48.5 Å². The Morgan fingerprint density at radius 3 is 2.61 bits per heavy atom. The van der Waals surface area contributed by atoms with Crippen molar-refractivity contribution in [1.29, 1.82) is 5.26 Å². The highest BCUT2D eigenvalue weighted by Gasteiger charge is 2.26. The number of aromatic amines is 1. The van der Waals surface area contributed by atoms with Crippen molar-refractivity contribution < 1.29 is 9.59 Å². The number of benzene rings is 2. The first-order chi connectivity index (χ1) is 13.6. The van der Waals surface area contributed by atoms with E-state index < -0.39 is 5.91 Å². The van der Waals surface area contributed by atoms with Crippen molar-refractivity contribution >= 4 is 11.8 Å². The summed E-state index contributed by atoms with van der Waals surface area (Å²) in [4.78, 5) is 33.7. The van der Waals surface area contributed by atoms with Crippen molar-refractivity contribution in [1.82, 2.24) is 14.9 Å². The zero-order chi connectivity index (χ0) is 19.7. The maximum Gasteiger partial charge on any atom is 0.255 e. The molecule has 3 N–H and O–H groups in total. The van der Waals surface area contributed by atoms with Gasteiger partial charge in [-0.25, -0.2) is 4.98 Å². The number of H-pyrrole nitrogens is 1. The molecule has 0 unspecified atom stereocenters. The van der Waals surface area contributed by atoms with Crippen LogP contribution in [-0.4, -0.2) is 33.2 Å². The summed E-state index contributed by atoms with van der Waals surface area (Å²) in [6.07, 6.45) is 0.631. The quantitative estimate of drug-likeness (QED) is 0.734. The lowest BCUT2D eigenvalue weighted by atomic mass is 10.1. The van der Waals surface area contributed by atoms with E-state index in [1.807, 2.05) is 0 Å². The standard InChI is InChI=1S/C21H17N5O2/c22-11-15-3-1-2-4-16(15)21(28)26-10-9-17-18(12-26)25-20(24-17)14-7-5-13(6-8-14)19(23)27/h1-8H,9-10,12H2,(H2,23,27)(H,24,25). The Morgan fingerprint density at radius 2 is 1.89 bits per heavy atom. The second-order valence-electron chi connectivity index (χ2n) is 6.59. The smallest absolute Gasteiger partial charge is 0.255 e. The van der Waals surface area contributed by atoms with E-state index in [0.29, 0.717) is 42.0 Å². The molecular weight excluding hydrogens is 354 g/mol. The second-order valence-corrected chi connectivity index (χ2v) is 6.59. The minimum absolute atomic E-state index is 0.162. The molecule has 2 aromatic carbocycles. The molecule has 0 fully saturated rings. The Balaban J connectivity index is 1.57. The van der Waals surface area contributed by atoms with Gasteiger partial charge >= 0.3 is 0 Å². The number of hydrogen-bond acceptors (Lipinski definition) is 4. The van der Waals surface area contributed by atoms with Crippen LogP contribution in [0.4, 0.5) is 0 Å². The highest BCUT2D eigenvalue weighted by Crippen LogP contribution is 2.24. The zero-order valence-electron chi connectivity index (χ0n) is 15.0. The number of fused-ring (bicyclic) bond motifs is 1. The molecule has 2 amide bonds. The van der Waals surface area contributed by atoms with Crippen LogP contribution in [0.1, 0.15) is 37.7 Å². The predicted molar refractivity (Wildman–Crippen MR) is 102 cm³/mol. The van der Waals surface area contributed by atoms with Crippen LogP contribution in [0.3, 0.4) is 0 Å². The van der Waals surface area contributed by atoms with Crippen molar-refractivity contribution in [3.05, 3.63) is 76.6 Å². The molecule has 7 heteroatoms. The van der Waals surface area contributed by atoms with Crippen LogP contribution in [0.5, 0.6) is 0 Å². The molecule has 0 saturated carbocycles. The average Bonchev–Trinajstić information content (AvgIpc) is 3.16. The van der Waals surface area contributed by atoms with Crippen molar-refractivity contribution in [3.8, 4) is 17.5 Å². The number of nitrogens with one attached hydrogen (secondary N) is 1. The largest absolute Gasteiger partial charge is 0.366 e. The van der Waals surface area contributed by atoms with Crippen LogP contribution in [0.25, 0.3) is 11.4 Å². The first kappa shape index (κ1) is 17.5. The summed E-state index contributed by atoms with van der Waals surface area (Å²) >= 11 is 0. The summed E-state index contributed by atoms with van der Waals surface area (Å²) in [6.45, 7) is 0.941. The van der Waals surface area contributed by atoms with Gasteiger partial charge in [0.05, 0.1) is 35.1 Å². The summed E-state index contributed by atoms with van der Waals surface area (Å²) in [6, 6.07) is 15.8. The molecule has 0 radical (unpaired) electrons. The normalized spacial score (nSPS) is 12.9. The molecular formula is C21H17N5O2. The van der Waals surface area contributed by atoms with Gasteiger partial charge in [0.2, 0.25) is 5.91 Å². The molecule has 3 aromatic rings. The molecule has 7 nitrogen and oxygen atoms in total. The van der Waals surface area contributed by atoms with E-state index in [-0.39, 0.29) is 5.91 Å². The fourth-order valence-corrected chi connectivity index (χ4v) is 3.33. The lowest BCUT2D eigenvalue weighted by Gasteiger charge is -2.26. The van der Waals surface area contributed by atoms with E-state index >= 15 is 0 Å². The molecule has 0 saturated heterocycles. The highest BCUT2D eigenvalue weighted by molar-refractivity contribution is 5.96. The summed E-state index contributed by atoms with van der Waals surface area (Å²) in [5.74, 6) is 0.0506. The van der Waals surface area contributed by atoms with Gasteiger partial charge in [-0.05, 0) is 24.3 Å². The maximum absolute atomic E-state index is 12.9. The lowest BCUT2D eigenvalue weighted by Crippen LogP contribution is -2.36.